The minimum absolute atomic E-state index is 0.0178. The van der Waals surface area contributed by atoms with Gasteiger partial charge in [0.15, 0.2) is 6.61 Å². The summed E-state index contributed by atoms with van der Waals surface area (Å²) in [5.41, 5.74) is -1.26. The molecule has 0 unspecified atom stereocenters. The number of carbonyl (C=O) groups is 1. The number of nitrogens with zero attached hydrogens (tertiary/aromatic N) is 1. The lowest BCUT2D eigenvalue weighted by atomic mass is 10.3. The molecule has 0 spiro atoms. The van der Waals surface area contributed by atoms with E-state index in [0.717, 1.165) is 0 Å². The predicted octanol–water partition coefficient (Wildman–Crippen LogP) is 0.168. The first-order valence-corrected chi connectivity index (χ1v) is 6.12. The number of hydrogen-bond acceptors (Lipinski definition) is 6. The second-order valence-corrected chi connectivity index (χ2v) is 4.87. The third kappa shape index (κ3) is 3.66. The topological polar surface area (TPSA) is 136 Å². The molecule has 0 radical (unpaired) electrons. The van der Waals surface area contributed by atoms with Crippen LogP contribution < -0.4 is 4.89 Å². The lowest BCUT2D eigenvalue weighted by Crippen LogP contribution is -2.27. The molecule has 0 saturated carbocycles. The summed E-state index contributed by atoms with van der Waals surface area (Å²) in [7, 11) is -4.74. The molecule has 0 aliphatic heterocycles. The van der Waals surface area contributed by atoms with E-state index in [1.165, 1.54) is 4.89 Å². The highest BCUT2D eigenvalue weighted by Gasteiger charge is 2.26. The third-order valence-electron chi connectivity index (χ3n) is 1.85. The largest absolute Gasteiger partial charge is 0.479 e. The second-order valence-electron chi connectivity index (χ2n) is 3.26. The van der Waals surface area contributed by atoms with E-state index in [-0.39, 0.29) is 12.1 Å². The van der Waals surface area contributed by atoms with E-state index < -0.39 is 49.7 Å². The fourth-order valence-electron chi connectivity index (χ4n) is 1.08. The van der Waals surface area contributed by atoms with Gasteiger partial charge in [-0.25, -0.2) is 17.6 Å². The van der Waals surface area contributed by atoms with E-state index in [4.69, 9.17) is 5.11 Å². The first-order valence-electron chi connectivity index (χ1n) is 4.64. The molecule has 1 aromatic carbocycles. The highest BCUT2D eigenvalue weighted by atomic mass is 32.2. The fourth-order valence-corrected chi connectivity index (χ4v) is 1.96. The summed E-state index contributed by atoms with van der Waals surface area (Å²) in [6, 6.07) is 0.168. The van der Waals surface area contributed by atoms with Crippen molar-refractivity contribution in [1.82, 2.24) is 4.89 Å². The lowest BCUT2D eigenvalue weighted by Gasteiger charge is -2.07. The molecule has 0 atom stereocenters. The maximum atomic E-state index is 13.3. The van der Waals surface area contributed by atoms with Crippen LogP contribution in [0, 0.1) is 21.7 Å². The van der Waals surface area contributed by atoms with Gasteiger partial charge in [0.25, 0.3) is 10.0 Å². The van der Waals surface area contributed by atoms with Crippen molar-refractivity contribution in [2.45, 2.75) is 4.90 Å². The molecule has 0 heterocycles. The standard InChI is InChI=1S/C8H6F2N2O7S/c9-4-1-5(10)7(2-6(4)12(15)16)20(17,18)11-19-3-8(13)14/h1-2,11H,3H2,(H,13,14). The van der Waals surface area contributed by atoms with Gasteiger partial charge in [-0.15, -0.1) is 0 Å². The Balaban J connectivity index is 3.14. The monoisotopic (exact) mass is 312 g/mol. The van der Waals surface area contributed by atoms with E-state index >= 15 is 0 Å². The van der Waals surface area contributed by atoms with Crippen molar-refractivity contribution in [3.05, 3.63) is 33.9 Å². The zero-order valence-electron chi connectivity index (χ0n) is 9.37. The first-order chi connectivity index (χ1) is 9.15. The minimum atomic E-state index is -4.74. The highest BCUT2D eigenvalue weighted by molar-refractivity contribution is 7.89. The summed E-state index contributed by atoms with van der Waals surface area (Å²) in [6.07, 6.45) is 0. The van der Waals surface area contributed by atoms with E-state index in [1.54, 1.807) is 0 Å². The third-order valence-corrected chi connectivity index (χ3v) is 3.08. The Hall–Kier alpha value is -2.18. The van der Waals surface area contributed by atoms with Crippen molar-refractivity contribution >= 4 is 21.7 Å². The van der Waals surface area contributed by atoms with Gasteiger partial charge in [0, 0.05) is 12.1 Å². The summed E-state index contributed by atoms with van der Waals surface area (Å²) < 4.78 is 49.4. The van der Waals surface area contributed by atoms with Gasteiger partial charge in [-0.1, -0.05) is 4.89 Å². The average Bonchev–Trinajstić information content (AvgIpc) is 2.26. The molecule has 0 saturated heterocycles. The maximum Gasteiger partial charge on any atom is 0.331 e. The molecule has 1 rings (SSSR count). The van der Waals surface area contributed by atoms with Gasteiger partial charge < -0.3 is 5.11 Å². The van der Waals surface area contributed by atoms with Gasteiger partial charge in [-0.2, -0.15) is 4.39 Å². The van der Waals surface area contributed by atoms with Gasteiger partial charge in [0.05, 0.1) is 4.92 Å². The van der Waals surface area contributed by atoms with Crippen LogP contribution in [0.15, 0.2) is 17.0 Å². The Kier molecular flexibility index (Phi) is 4.65. The van der Waals surface area contributed by atoms with Crippen LogP contribution in [0.2, 0.25) is 0 Å². The fraction of sp³-hybridized carbons (Fsp3) is 0.125. The van der Waals surface area contributed by atoms with Crippen molar-refractivity contribution < 1.29 is 36.9 Å². The number of nitro benzene ring substituents is 1. The quantitative estimate of drug-likeness (QED) is 0.564. The number of rotatable bonds is 6. The van der Waals surface area contributed by atoms with Crippen molar-refractivity contribution in [3.8, 4) is 0 Å². The van der Waals surface area contributed by atoms with Gasteiger partial charge in [-0.05, 0) is 0 Å². The van der Waals surface area contributed by atoms with Crippen LogP contribution in [0.25, 0.3) is 0 Å². The van der Waals surface area contributed by atoms with Crippen LogP contribution in [-0.2, 0) is 19.7 Å². The van der Waals surface area contributed by atoms with Gasteiger partial charge in [0.1, 0.15) is 10.7 Å². The number of sulfonamides is 1. The SMILES string of the molecule is O=C(O)CONS(=O)(=O)c1cc([N+](=O)[O-])c(F)cc1F. The smallest absolute Gasteiger partial charge is 0.331 e. The van der Waals surface area contributed by atoms with E-state index in [0.29, 0.717) is 0 Å². The van der Waals surface area contributed by atoms with Crippen LogP contribution in [0.5, 0.6) is 0 Å². The molecular weight excluding hydrogens is 306 g/mol. The molecule has 0 aliphatic carbocycles. The van der Waals surface area contributed by atoms with Gasteiger partial charge in [-0.3, -0.25) is 15.0 Å². The molecule has 0 aromatic heterocycles. The minimum Gasteiger partial charge on any atom is -0.479 e. The zero-order chi connectivity index (χ0) is 15.5. The normalized spacial score (nSPS) is 11.3. The molecule has 0 amide bonds. The average molecular weight is 312 g/mol. The Labute approximate surface area is 109 Å². The Morgan fingerprint density at radius 2 is 2.00 bits per heavy atom. The second kappa shape index (κ2) is 5.85. The molecule has 0 bridgehead atoms. The van der Waals surface area contributed by atoms with Crippen molar-refractivity contribution in [1.29, 1.82) is 0 Å². The molecule has 110 valence electrons. The van der Waals surface area contributed by atoms with E-state index in [2.05, 4.69) is 4.84 Å². The van der Waals surface area contributed by atoms with Crippen molar-refractivity contribution in [2.24, 2.45) is 0 Å². The summed E-state index contributed by atoms with van der Waals surface area (Å²) in [6.45, 7) is -1.07. The molecule has 1 aromatic rings. The Morgan fingerprint density at radius 1 is 1.40 bits per heavy atom. The van der Waals surface area contributed by atoms with E-state index in [9.17, 15) is 32.1 Å². The van der Waals surface area contributed by atoms with Crippen LogP contribution in [-0.4, -0.2) is 31.0 Å². The Morgan fingerprint density at radius 3 is 2.50 bits per heavy atom. The number of nitro groups is 1. The van der Waals surface area contributed by atoms with Crippen LogP contribution in [0.3, 0.4) is 0 Å². The van der Waals surface area contributed by atoms with Crippen LogP contribution in [0.1, 0.15) is 0 Å². The Bertz CT molecular complexity index is 661. The highest BCUT2D eigenvalue weighted by Crippen LogP contribution is 2.24. The number of benzene rings is 1. The van der Waals surface area contributed by atoms with E-state index in [1.807, 2.05) is 0 Å². The summed E-state index contributed by atoms with van der Waals surface area (Å²) in [5.74, 6) is -4.67. The van der Waals surface area contributed by atoms with Crippen LogP contribution in [0.4, 0.5) is 14.5 Å². The first kappa shape index (κ1) is 15.9. The summed E-state index contributed by atoms with van der Waals surface area (Å²) >= 11 is 0. The molecule has 0 fully saturated rings. The number of halogens is 2. The molecule has 12 heteroatoms. The van der Waals surface area contributed by atoms with Crippen molar-refractivity contribution in [3.63, 3.8) is 0 Å². The number of nitrogens with one attached hydrogen (secondary N) is 1. The van der Waals surface area contributed by atoms with Gasteiger partial charge in [0.2, 0.25) is 5.82 Å². The molecule has 20 heavy (non-hydrogen) atoms. The number of hydrogen-bond donors (Lipinski definition) is 2. The number of aliphatic carboxylic acids is 1. The summed E-state index contributed by atoms with van der Waals surface area (Å²) in [4.78, 5) is 23.3. The molecule has 0 aliphatic rings. The molecular formula is C8H6F2N2O7S. The molecule has 9 nitrogen and oxygen atoms in total. The maximum absolute atomic E-state index is 13.3. The summed E-state index contributed by atoms with van der Waals surface area (Å²) in [5, 5.41) is 18.7. The van der Waals surface area contributed by atoms with Crippen molar-refractivity contribution in [2.75, 3.05) is 6.61 Å². The zero-order valence-corrected chi connectivity index (χ0v) is 10.2. The van der Waals surface area contributed by atoms with Crippen LogP contribution >= 0.6 is 0 Å². The van der Waals surface area contributed by atoms with Gasteiger partial charge >= 0.3 is 11.7 Å². The predicted molar refractivity (Wildman–Crippen MR) is 56.9 cm³/mol. The molecule has 2 N–H and O–H groups in total. The lowest BCUT2D eigenvalue weighted by molar-refractivity contribution is -0.387. The number of carboxylic acid groups (broad SMARTS) is 1. The number of carboxylic acids is 1.